The largest absolute Gasteiger partial charge is 0.481 e. The predicted octanol–water partition coefficient (Wildman–Crippen LogP) is 7.27. The van der Waals surface area contributed by atoms with Gasteiger partial charge < -0.3 is 10.2 Å². The zero-order valence-corrected chi connectivity index (χ0v) is 23.2. The van der Waals surface area contributed by atoms with Gasteiger partial charge in [-0.15, -0.1) is 23.5 Å². The second-order valence-electron chi connectivity index (χ2n) is 5.78. The molecule has 0 rings (SSSR count). The lowest BCUT2D eigenvalue weighted by atomic mass is 10.2. The number of allylic oxidation sites excluding steroid dienone is 1. The van der Waals surface area contributed by atoms with Crippen molar-refractivity contribution in [1.82, 2.24) is 0 Å². The SMILES string of the molecule is C=C(C)CC(=O)O.CS/C=C(\C)CC(=O)O.CS/C=C(\C)CC(C)=O.CSSSC. The fourth-order valence-corrected chi connectivity index (χ4v) is 4.18. The van der Waals surface area contributed by atoms with Gasteiger partial charge in [-0.05, 0) is 73.4 Å². The van der Waals surface area contributed by atoms with Crippen molar-refractivity contribution in [2.75, 3.05) is 25.0 Å². The summed E-state index contributed by atoms with van der Waals surface area (Å²) in [5, 5.41) is 20.1. The first kappa shape index (κ1) is 36.9. The summed E-state index contributed by atoms with van der Waals surface area (Å²) in [6.07, 6.45) is 8.87. The normalized spacial score (nSPS) is 10.3. The Kier molecular flexibility index (Phi) is 35.2. The Bertz CT molecular complexity index is 500. The summed E-state index contributed by atoms with van der Waals surface area (Å²) in [7, 11) is 5.36. The zero-order chi connectivity index (χ0) is 24.5. The molecule has 0 saturated heterocycles. The van der Waals surface area contributed by atoms with Crippen LogP contribution in [0.2, 0.25) is 0 Å². The number of ketones is 1. The molecule has 0 aliphatic heterocycles. The maximum atomic E-state index is 10.5. The molecule has 176 valence electrons. The van der Waals surface area contributed by atoms with Crippen molar-refractivity contribution in [3.8, 4) is 0 Å². The number of rotatable bonds is 10. The van der Waals surface area contributed by atoms with Crippen LogP contribution in [0, 0.1) is 0 Å². The standard InChI is InChI=1S/C7H12OS.C6H10O2S.C5H8O2.C2H6S3/c1-6(5-9-3)4-7(2)8;1-5(4-9-2)3-6(7)8;1-4(2)3-5(6)7;1-3-5-4-2/h5H,4H2,1-3H3;4H,3H2,1-2H3,(H,7,8);1,3H2,2H3,(H,6,7);1-2H3/b6-5+;5-4+;;. The van der Waals surface area contributed by atoms with Crippen molar-refractivity contribution in [3.63, 3.8) is 0 Å². The summed E-state index contributed by atoms with van der Waals surface area (Å²) in [6, 6.07) is 0. The molecule has 0 bridgehead atoms. The quantitative estimate of drug-likeness (QED) is 0.228. The molecular formula is C20H36O5S5. The third kappa shape index (κ3) is 50.8. The first-order chi connectivity index (χ1) is 13.9. The molecule has 0 aromatic rings. The maximum absolute atomic E-state index is 10.5. The van der Waals surface area contributed by atoms with Crippen molar-refractivity contribution in [2.45, 2.75) is 47.0 Å². The number of thioether (sulfide) groups is 2. The lowest BCUT2D eigenvalue weighted by Gasteiger charge is -1.92. The number of carbonyl (C=O) groups is 3. The monoisotopic (exact) mass is 516 g/mol. The molecule has 0 amide bonds. The van der Waals surface area contributed by atoms with Gasteiger partial charge in [0.15, 0.2) is 0 Å². The molecule has 0 aliphatic carbocycles. The fraction of sp³-hybridized carbons (Fsp3) is 0.550. The van der Waals surface area contributed by atoms with E-state index in [0.717, 1.165) is 11.1 Å². The van der Waals surface area contributed by atoms with Crippen LogP contribution in [0.5, 0.6) is 0 Å². The summed E-state index contributed by atoms with van der Waals surface area (Å²) in [4.78, 5) is 30.3. The van der Waals surface area contributed by atoms with E-state index < -0.39 is 11.9 Å². The number of carboxylic acid groups (broad SMARTS) is 2. The van der Waals surface area contributed by atoms with Crippen molar-refractivity contribution >= 4 is 72.7 Å². The van der Waals surface area contributed by atoms with Crippen molar-refractivity contribution < 1.29 is 24.6 Å². The first-order valence-electron chi connectivity index (χ1n) is 8.55. The average molecular weight is 517 g/mol. The molecule has 2 N–H and O–H groups in total. The van der Waals surface area contributed by atoms with Crippen LogP contribution in [0.4, 0.5) is 0 Å². The molecule has 5 nitrogen and oxygen atoms in total. The highest BCUT2D eigenvalue weighted by Gasteiger charge is 1.96. The van der Waals surface area contributed by atoms with Crippen LogP contribution in [-0.2, 0) is 14.4 Å². The van der Waals surface area contributed by atoms with Crippen LogP contribution in [0.25, 0.3) is 0 Å². The van der Waals surface area contributed by atoms with E-state index in [1.165, 1.54) is 11.8 Å². The van der Waals surface area contributed by atoms with Crippen LogP contribution in [0.1, 0.15) is 47.0 Å². The molecule has 30 heavy (non-hydrogen) atoms. The summed E-state index contributed by atoms with van der Waals surface area (Å²) < 4.78 is 0. The Hall–Kier alpha value is -0.420. The van der Waals surface area contributed by atoms with Crippen molar-refractivity contribution in [1.29, 1.82) is 0 Å². The van der Waals surface area contributed by atoms with E-state index in [4.69, 9.17) is 10.2 Å². The summed E-state index contributed by atoms with van der Waals surface area (Å²) >= 11 is 3.16. The molecule has 0 aromatic heterocycles. The van der Waals surface area contributed by atoms with Crippen LogP contribution < -0.4 is 0 Å². The van der Waals surface area contributed by atoms with E-state index in [1.807, 2.05) is 37.2 Å². The Morgan fingerprint density at radius 2 is 1.10 bits per heavy atom. The van der Waals surface area contributed by atoms with Crippen molar-refractivity contribution in [3.05, 3.63) is 34.1 Å². The topological polar surface area (TPSA) is 91.7 Å². The Morgan fingerprint density at radius 1 is 0.733 bits per heavy atom. The van der Waals surface area contributed by atoms with Gasteiger partial charge in [0.2, 0.25) is 0 Å². The lowest BCUT2D eigenvalue weighted by molar-refractivity contribution is -0.137. The van der Waals surface area contributed by atoms with E-state index in [1.54, 1.807) is 57.0 Å². The lowest BCUT2D eigenvalue weighted by Crippen LogP contribution is -1.93. The van der Waals surface area contributed by atoms with Gasteiger partial charge in [0.1, 0.15) is 5.78 Å². The van der Waals surface area contributed by atoms with Gasteiger partial charge in [-0.3, -0.25) is 14.4 Å². The minimum atomic E-state index is -0.812. The molecule has 0 radical (unpaired) electrons. The highest BCUT2D eigenvalue weighted by Crippen LogP contribution is 2.28. The zero-order valence-electron chi connectivity index (χ0n) is 19.1. The van der Waals surface area contributed by atoms with E-state index in [0.29, 0.717) is 12.0 Å². The summed E-state index contributed by atoms with van der Waals surface area (Å²) in [5.74, 6) is -1.34. The number of hydrogen-bond donors (Lipinski definition) is 2. The third-order valence-corrected chi connectivity index (χ3v) is 7.00. The maximum Gasteiger partial charge on any atom is 0.307 e. The number of hydrogen-bond acceptors (Lipinski definition) is 8. The minimum Gasteiger partial charge on any atom is -0.481 e. The third-order valence-electron chi connectivity index (χ3n) is 2.19. The van der Waals surface area contributed by atoms with Gasteiger partial charge in [-0.25, -0.2) is 0 Å². The Morgan fingerprint density at radius 3 is 1.27 bits per heavy atom. The van der Waals surface area contributed by atoms with Gasteiger partial charge in [-0.2, -0.15) is 0 Å². The predicted molar refractivity (Wildman–Crippen MR) is 144 cm³/mol. The molecule has 0 saturated carbocycles. The van der Waals surface area contributed by atoms with Crippen LogP contribution in [0.3, 0.4) is 0 Å². The number of aliphatic carboxylic acids is 2. The second-order valence-corrected chi connectivity index (χ2v) is 11.6. The van der Waals surface area contributed by atoms with Gasteiger partial charge in [0.25, 0.3) is 0 Å². The fourth-order valence-electron chi connectivity index (χ4n) is 1.44. The second kappa shape index (κ2) is 28.6. The summed E-state index contributed by atoms with van der Waals surface area (Å²) in [6.45, 7) is 10.5. The molecule has 0 heterocycles. The Labute approximate surface area is 202 Å². The van der Waals surface area contributed by atoms with Crippen LogP contribution >= 0.6 is 54.9 Å². The molecule has 10 heteroatoms. The van der Waals surface area contributed by atoms with Gasteiger partial charge >= 0.3 is 11.9 Å². The first-order valence-corrected chi connectivity index (χ1v) is 15.4. The van der Waals surface area contributed by atoms with E-state index in [2.05, 4.69) is 19.1 Å². The summed E-state index contributed by atoms with van der Waals surface area (Å²) in [5.41, 5.74) is 2.73. The van der Waals surface area contributed by atoms with Gasteiger partial charge in [0, 0.05) is 6.42 Å². The smallest absolute Gasteiger partial charge is 0.307 e. The molecule has 0 fully saturated rings. The van der Waals surface area contributed by atoms with Gasteiger partial charge in [0.05, 0.1) is 12.8 Å². The highest BCUT2D eigenvalue weighted by atomic mass is 33.5. The highest BCUT2D eigenvalue weighted by molar-refractivity contribution is 9.09. The Balaban J connectivity index is -0.000000154. The minimum absolute atomic E-state index is 0.0833. The van der Waals surface area contributed by atoms with Crippen molar-refractivity contribution in [2.24, 2.45) is 0 Å². The van der Waals surface area contributed by atoms with E-state index in [9.17, 15) is 14.4 Å². The van der Waals surface area contributed by atoms with Gasteiger partial charge in [-0.1, -0.05) is 44.9 Å². The van der Waals surface area contributed by atoms with Crippen LogP contribution in [0.15, 0.2) is 34.1 Å². The molecule has 0 aromatic carbocycles. The average Bonchev–Trinajstić information content (AvgIpc) is 2.55. The molecule has 0 spiro atoms. The number of carboxylic acids is 2. The van der Waals surface area contributed by atoms with Crippen LogP contribution in [-0.4, -0.2) is 53.0 Å². The number of Topliss-reactive ketones (excluding diaryl/α,β-unsaturated/α-hetero) is 1. The number of carbonyl (C=O) groups excluding carboxylic acids is 1. The van der Waals surface area contributed by atoms with E-state index >= 15 is 0 Å². The molecule has 0 aliphatic rings. The molecular weight excluding hydrogens is 481 g/mol. The molecule has 0 atom stereocenters. The molecule has 0 unspecified atom stereocenters. The van der Waals surface area contributed by atoms with E-state index in [-0.39, 0.29) is 18.6 Å².